The van der Waals surface area contributed by atoms with Crippen molar-refractivity contribution in [1.29, 1.82) is 0 Å². The number of amides is 2. The highest BCUT2D eigenvalue weighted by atomic mass is 19.1. The molecule has 2 N–H and O–H groups in total. The minimum absolute atomic E-state index is 0.186. The standard InChI is InChI=1S/C17H13F2N3O4/c1-10(23)20-14-9-15(13(19)8-12(14)18)21-17(24)7-6-11-4-2-3-5-16(11)22(25)26/h2-9H,1H3,(H,20,23)(H,21,24)/b7-6+. The van der Waals surface area contributed by atoms with E-state index in [9.17, 15) is 28.5 Å². The molecule has 9 heteroatoms. The number of halogens is 2. The molecule has 2 amide bonds. The molecule has 0 atom stereocenters. The molecule has 26 heavy (non-hydrogen) atoms. The lowest BCUT2D eigenvalue weighted by Gasteiger charge is -2.09. The van der Waals surface area contributed by atoms with Gasteiger partial charge in [0.1, 0.15) is 11.6 Å². The van der Waals surface area contributed by atoms with Crippen molar-refractivity contribution in [2.75, 3.05) is 10.6 Å². The van der Waals surface area contributed by atoms with Gasteiger partial charge in [0.2, 0.25) is 11.8 Å². The third-order valence-electron chi connectivity index (χ3n) is 3.17. The fourth-order valence-electron chi connectivity index (χ4n) is 2.06. The van der Waals surface area contributed by atoms with Gasteiger partial charge in [-0.1, -0.05) is 12.1 Å². The van der Waals surface area contributed by atoms with Gasteiger partial charge < -0.3 is 10.6 Å². The van der Waals surface area contributed by atoms with Crippen molar-refractivity contribution in [1.82, 2.24) is 0 Å². The number of carbonyl (C=O) groups is 2. The Labute approximate surface area is 146 Å². The lowest BCUT2D eigenvalue weighted by Crippen LogP contribution is -2.12. The Morgan fingerprint density at radius 1 is 1.08 bits per heavy atom. The van der Waals surface area contributed by atoms with Crippen LogP contribution in [0, 0.1) is 21.7 Å². The summed E-state index contributed by atoms with van der Waals surface area (Å²) in [4.78, 5) is 33.2. The molecule has 0 spiro atoms. The zero-order valence-electron chi connectivity index (χ0n) is 13.5. The van der Waals surface area contributed by atoms with E-state index in [4.69, 9.17) is 0 Å². The Balaban J connectivity index is 2.20. The SMILES string of the molecule is CC(=O)Nc1cc(NC(=O)/C=C/c2ccccc2[N+](=O)[O-])c(F)cc1F. The van der Waals surface area contributed by atoms with Crippen molar-refractivity contribution in [2.24, 2.45) is 0 Å². The molecule has 0 fully saturated rings. The molecule has 0 saturated heterocycles. The maximum atomic E-state index is 13.8. The number of hydrogen-bond acceptors (Lipinski definition) is 4. The molecule has 2 aromatic rings. The van der Waals surface area contributed by atoms with E-state index in [2.05, 4.69) is 10.6 Å². The summed E-state index contributed by atoms with van der Waals surface area (Å²) in [6.45, 7) is 1.15. The van der Waals surface area contributed by atoms with E-state index < -0.39 is 28.4 Å². The number of nitro benzene ring substituents is 1. The van der Waals surface area contributed by atoms with E-state index in [0.717, 1.165) is 19.1 Å². The fourth-order valence-corrected chi connectivity index (χ4v) is 2.06. The number of carbonyl (C=O) groups excluding carboxylic acids is 2. The predicted molar refractivity (Wildman–Crippen MR) is 91.4 cm³/mol. The molecule has 0 unspecified atom stereocenters. The van der Waals surface area contributed by atoms with Crippen LogP contribution in [0.5, 0.6) is 0 Å². The highest BCUT2D eigenvalue weighted by molar-refractivity contribution is 6.02. The molecule has 0 aliphatic rings. The number of nitrogens with one attached hydrogen (secondary N) is 2. The van der Waals surface area contributed by atoms with Crippen LogP contribution in [0.25, 0.3) is 6.08 Å². The number of anilines is 2. The Hall–Kier alpha value is -3.62. The van der Waals surface area contributed by atoms with Crippen LogP contribution in [-0.4, -0.2) is 16.7 Å². The summed E-state index contributed by atoms with van der Waals surface area (Å²) in [5.41, 5.74) is -0.659. The van der Waals surface area contributed by atoms with Crippen molar-refractivity contribution in [3.63, 3.8) is 0 Å². The van der Waals surface area contributed by atoms with Crippen LogP contribution in [-0.2, 0) is 9.59 Å². The van der Waals surface area contributed by atoms with Gasteiger partial charge in [-0.3, -0.25) is 19.7 Å². The maximum Gasteiger partial charge on any atom is 0.276 e. The van der Waals surface area contributed by atoms with Crippen molar-refractivity contribution in [2.45, 2.75) is 6.92 Å². The second kappa shape index (κ2) is 7.97. The van der Waals surface area contributed by atoms with E-state index in [1.54, 1.807) is 6.07 Å². The van der Waals surface area contributed by atoms with Crippen LogP contribution >= 0.6 is 0 Å². The minimum atomic E-state index is -1.04. The molecular weight excluding hydrogens is 348 g/mol. The lowest BCUT2D eigenvalue weighted by molar-refractivity contribution is -0.385. The van der Waals surface area contributed by atoms with Crippen molar-refractivity contribution >= 4 is 35.0 Å². The monoisotopic (exact) mass is 361 g/mol. The third kappa shape index (κ3) is 4.69. The van der Waals surface area contributed by atoms with E-state index in [-0.39, 0.29) is 22.6 Å². The number of nitro groups is 1. The van der Waals surface area contributed by atoms with Gasteiger partial charge >= 0.3 is 0 Å². The average molecular weight is 361 g/mol. The lowest BCUT2D eigenvalue weighted by atomic mass is 10.1. The van der Waals surface area contributed by atoms with E-state index in [1.807, 2.05) is 0 Å². The molecule has 0 radical (unpaired) electrons. The highest BCUT2D eigenvalue weighted by Crippen LogP contribution is 2.24. The summed E-state index contributed by atoms with van der Waals surface area (Å²) >= 11 is 0. The fraction of sp³-hybridized carbons (Fsp3) is 0.0588. The molecule has 134 valence electrons. The largest absolute Gasteiger partial charge is 0.324 e. The molecule has 0 heterocycles. The first-order valence-corrected chi connectivity index (χ1v) is 7.27. The van der Waals surface area contributed by atoms with E-state index in [1.165, 1.54) is 24.3 Å². The Bertz CT molecular complexity index is 913. The van der Waals surface area contributed by atoms with Gasteiger partial charge in [-0.05, 0) is 18.2 Å². The molecule has 2 rings (SSSR count). The summed E-state index contributed by atoms with van der Waals surface area (Å²) in [5, 5.41) is 15.3. The number of rotatable bonds is 5. The van der Waals surface area contributed by atoms with Gasteiger partial charge in [0.15, 0.2) is 0 Å². The van der Waals surface area contributed by atoms with E-state index >= 15 is 0 Å². The molecule has 0 bridgehead atoms. The topological polar surface area (TPSA) is 101 Å². The van der Waals surface area contributed by atoms with Crippen LogP contribution < -0.4 is 10.6 Å². The van der Waals surface area contributed by atoms with Gasteiger partial charge in [-0.15, -0.1) is 0 Å². The van der Waals surface area contributed by atoms with Crippen LogP contribution in [0.3, 0.4) is 0 Å². The van der Waals surface area contributed by atoms with E-state index in [0.29, 0.717) is 6.07 Å². The van der Waals surface area contributed by atoms with Crippen LogP contribution in [0.2, 0.25) is 0 Å². The Kier molecular flexibility index (Phi) is 5.74. The van der Waals surface area contributed by atoms with Crippen molar-refractivity contribution < 1.29 is 23.3 Å². The Morgan fingerprint density at radius 3 is 2.31 bits per heavy atom. The molecule has 7 nitrogen and oxygen atoms in total. The maximum absolute atomic E-state index is 13.8. The van der Waals surface area contributed by atoms with Gasteiger partial charge in [0, 0.05) is 25.1 Å². The first-order chi connectivity index (χ1) is 12.3. The Morgan fingerprint density at radius 2 is 1.69 bits per heavy atom. The van der Waals surface area contributed by atoms with Crippen LogP contribution in [0.15, 0.2) is 42.5 Å². The molecular formula is C17H13F2N3O4. The zero-order valence-corrected chi connectivity index (χ0v) is 13.5. The highest BCUT2D eigenvalue weighted by Gasteiger charge is 2.13. The number of para-hydroxylation sites is 1. The third-order valence-corrected chi connectivity index (χ3v) is 3.17. The number of hydrogen-bond donors (Lipinski definition) is 2. The second-order valence-electron chi connectivity index (χ2n) is 5.13. The summed E-state index contributed by atoms with van der Waals surface area (Å²) in [6, 6.07) is 7.21. The van der Waals surface area contributed by atoms with Gasteiger partial charge in [-0.25, -0.2) is 8.78 Å². The first kappa shape index (κ1) is 18.7. The van der Waals surface area contributed by atoms with Gasteiger partial charge in [-0.2, -0.15) is 0 Å². The smallest absolute Gasteiger partial charge is 0.276 e. The van der Waals surface area contributed by atoms with Crippen molar-refractivity contribution in [3.05, 3.63) is 69.8 Å². The second-order valence-corrected chi connectivity index (χ2v) is 5.13. The summed E-state index contributed by atoms with van der Waals surface area (Å²) in [6.07, 6.45) is 2.17. The number of benzene rings is 2. The van der Waals surface area contributed by atoms with Crippen molar-refractivity contribution in [3.8, 4) is 0 Å². The molecule has 0 aromatic heterocycles. The summed E-state index contributed by atoms with van der Waals surface area (Å²) in [5.74, 6) is -3.39. The quantitative estimate of drug-likeness (QED) is 0.483. The first-order valence-electron chi connectivity index (χ1n) is 7.27. The minimum Gasteiger partial charge on any atom is -0.324 e. The normalized spacial score (nSPS) is 10.6. The zero-order chi connectivity index (χ0) is 19.3. The number of nitrogens with zero attached hydrogens (tertiary/aromatic N) is 1. The molecule has 0 saturated carbocycles. The predicted octanol–water partition coefficient (Wildman–Crippen LogP) is 3.48. The molecule has 2 aromatic carbocycles. The van der Waals surface area contributed by atoms with Crippen LogP contribution in [0.4, 0.5) is 25.8 Å². The molecule has 0 aliphatic heterocycles. The van der Waals surface area contributed by atoms with Gasteiger partial charge in [0.25, 0.3) is 5.69 Å². The van der Waals surface area contributed by atoms with Gasteiger partial charge in [0.05, 0.1) is 21.9 Å². The van der Waals surface area contributed by atoms with Crippen LogP contribution in [0.1, 0.15) is 12.5 Å². The average Bonchev–Trinajstić information content (AvgIpc) is 2.57. The summed E-state index contributed by atoms with van der Waals surface area (Å²) in [7, 11) is 0. The molecule has 0 aliphatic carbocycles. The summed E-state index contributed by atoms with van der Waals surface area (Å²) < 4.78 is 27.4.